The van der Waals surface area contributed by atoms with E-state index in [1.807, 2.05) is 13.8 Å². The molecule has 1 aromatic heterocycles. The molecule has 0 aliphatic rings. The second-order valence-electron chi connectivity index (χ2n) is 5.49. The summed E-state index contributed by atoms with van der Waals surface area (Å²) in [6.45, 7) is 10.2. The van der Waals surface area contributed by atoms with E-state index in [9.17, 15) is 14.9 Å². The van der Waals surface area contributed by atoms with Gasteiger partial charge in [-0.25, -0.2) is 4.68 Å². The Hall–Kier alpha value is -3.03. The third-order valence-electron chi connectivity index (χ3n) is 3.51. The number of likely N-dealkylation sites (N-methyl/N-ethyl adjacent to an activating group) is 1. The zero-order valence-corrected chi connectivity index (χ0v) is 13.9. The molecular formula is C16H19N5O3. The largest absolute Gasteiger partial charge is 0.333 e. The van der Waals surface area contributed by atoms with Gasteiger partial charge in [0.2, 0.25) is 0 Å². The van der Waals surface area contributed by atoms with Gasteiger partial charge in [0.05, 0.1) is 16.3 Å². The molecule has 8 heteroatoms. The molecule has 0 atom stereocenters. The number of carbonyl (C=O) groups is 1. The van der Waals surface area contributed by atoms with Crippen molar-refractivity contribution >= 4 is 11.6 Å². The number of hydrogen-bond donors (Lipinski definition) is 0. The average Bonchev–Trinajstić information content (AvgIpc) is 2.93. The first kappa shape index (κ1) is 17.3. The van der Waals surface area contributed by atoms with E-state index in [-0.39, 0.29) is 17.3 Å². The highest BCUT2D eigenvalue weighted by Crippen LogP contribution is 2.19. The summed E-state index contributed by atoms with van der Waals surface area (Å²) in [4.78, 5) is 24.7. The van der Waals surface area contributed by atoms with Crippen molar-refractivity contribution in [1.29, 1.82) is 0 Å². The lowest BCUT2D eigenvalue weighted by atomic mass is 10.2. The standard InChI is InChI=1S/C16H19N5O3/c1-5-19(10-11(2)3)16(22)15-12(4)20(18-17-15)13-7-6-8-14(9-13)21(23)24/h6-9H,2,5,10H2,1,3-4H3. The molecule has 24 heavy (non-hydrogen) atoms. The molecule has 0 saturated heterocycles. The highest BCUT2D eigenvalue weighted by Gasteiger charge is 2.22. The summed E-state index contributed by atoms with van der Waals surface area (Å²) in [6.07, 6.45) is 0. The molecule has 0 radical (unpaired) electrons. The number of benzene rings is 1. The predicted octanol–water partition coefficient (Wildman–Crippen LogP) is 2.52. The number of aromatic nitrogens is 3. The average molecular weight is 329 g/mol. The van der Waals surface area contributed by atoms with E-state index in [0.29, 0.717) is 24.5 Å². The van der Waals surface area contributed by atoms with E-state index in [1.54, 1.807) is 24.0 Å². The van der Waals surface area contributed by atoms with E-state index in [4.69, 9.17) is 0 Å². The van der Waals surface area contributed by atoms with Crippen LogP contribution in [-0.2, 0) is 0 Å². The van der Waals surface area contributed by atoms with E-state index >= 15 is 0 Å². The monoisotopic (exact) mass is 329 g/mol. The molecule has 0 bridgehead atoms. The molecule has 0 N–H and O–H groups in total. The van der Waals surface area contributed by atoms with Crippen LogP contribution in [0.3, 0.4) is 0 Å². The summed E-state index contributed by atoms with van der Waals surface area (Å²) >= 11 is 0. The number of nitro benzene ring substituents is 1. The number of non-ortho nitro benzene ring substituents is 1. The molecule has 0 aliphatic heterocycles. The number of nitrogens with zero attached hydrogens (tertiary/aromatic N) is 5. The van der Waals surface area contributed by atoms with Gasteiger partial charge in [0, 0.05) is 25.2 Å². The van der Waals surface area contributed by atoms with E-state index in [0.717, 1.165) is 5.57 Å². The Labute approximate surface area is 139 Å². The number of rotatable bonds is 6. The van der Waals surface area contributed by atoms with Crippen LogP contribution in [0.1, 0.15) is 30.0 Å². The minimum atomic E-state index is -0.479. The van der Waals surface area contributed by atoms with Crippen molar-refractivity contribution in [3.8, 4) is 5.69 Å². The van der Waals surface area contributed by atoms with Gasteiger partial charge in [0.15, 0.2) is 5.69 Å². The van der Waals surface area contributed by atoms with Crippen molar-refractivity contribution in [2.24, 2.45) is 0 Å². The molecule has 1 aromatic carbocycles. The maximum absolute atomic E-state index is 12.6. The number of hydrogen-bond acceptors (Lipinski definition) is 5. The Balaban J connectivity index is 2.38. The lowest BCUT2D eigenvalue weighted by molar-refractivity contribution is -0.384. The molecule has 1 heterocycles. The van der Waals surface area contributed by atoms with Crippen molar-refractivity contribution in [3.63, 3.8) is 0 Å². The smallest absolute Gasteiger partial charge is 0.276 e. The van der Waals surface area contributed by atoms with Crippen molar-refractivity contribution < 1.29 is 9.72 Å². The fraction of sp³-hybridized carbons (Fsp3) is 0.312. The van der Waals surface area contributed by atoms with Gasteiger partial charge in [0.1, 0.15) is 0 Å². The molecule has 0 saturated carbocycles. The van der Waals surface area contributed by atoms with Gasteiger partial charge in [-0.1, -0.05) is 23.4 Å². The Morgan fingerprint density at radius 2 is 2.17 bits per heavy atom. The SMILES string of the molecule is C=C(C)CN(CC)C(=O)c1nnn(-c2cccc([N+](=O)[O-])c2)c1C. The fourth-order valence-corrected chi connectivity index (χ4v) is 2.31. The predicted molar refractivity (Wildman–Crippen MR) is 89.1 cm³/mol. The molecule has 1 amide bonds. The van der Waals surface area contributed by atoms with E-state index in [2.05, 4.69) is 16.9 Å². The summed E-state index contributed by atoms with van der Waals surface area (Å²) < 4.78 is 1.43. The molecule has 0 aliphatic carbocycles. The van der Waals surface area contributed by atoms with Gasteiger partial charge in [-0.15, -0.1) is 5.10 Å². The summed E-state index contributed by atoms with van der Waals surface area (Å²) in [5.41, 5.74) is 2.06. The van der Waals surface area contributed by atoms with Gasteiger partial charge in [-0.2, -0.15) is 0 Å². The summed E-state index contributed by atoms with van der Waals surface area (Å²) in [5, 5.41) is 18.8. The second kappa shape index (κ2) is 7.03. The van der Waals surface area contributed by atoms with E-state index < -0.39 is 4.92 Å². The van der Waals surface area contributed by atoms with Crippen LogP contribution in [0.2, 0.25) is 0 Å². The Morgan fingerprint density at radius 1 is 1.46 bits per heavy atom. The molecule has 2 rings (SSSR count). The molecular weight excluding hydrogens is 310 g/mol. The van der Waals surface area contributed by atoms with Crippen LogP contribution in [0.15, 0.2) is 36.4 Å². The van der Waals surface area contributed by atoms with Crippen molar-refractivity contribution in [2.45, 2.75) is 20.8 Å². The second-order valence-corrected chi connectivity index (χ2v) is 5.49. The first-order valence-electron chi connectivity index (χ1n) is 7.46. The Morgan fingerprint density at radius 3 is 2.75 bits per heavy atom. The summed E-state index contributed by atoms with van der Waals surface area (Å²) in [7, 11) is 0. The Kier molecular flexibility index (Phi) is 5.08. The first-order valence-corrected chi connectivity index (χ1v) is 7.46. The van der Waals surface area contributed by atoms with Crippen molar-refractivity contribution in [2.75, 3.05) is 13.1 Å². The van der Waals surface area contributed by atoms with Gasteiger partial charge in [-0.05, 0) is 26.8 Å². The normalized spacial score (nSPS) is 10.5. The van der Waals surface area contributed by atoms with Crippen molar-refractivity contribution in [1.82, 2.24) is 19.9 Å². The van der Waals surface area contributed by atoms with Crippen molar-refractivity contribution in [3.05, 3.63) is 57.9 Å². The summed E-state index contributed by atoms with van der Waals surface area (Å²) in [5.74, 6) is -0.241. The topological polar surface area (TPSA) is 94.2 Å². The molecule has 0 fully saturated rings. The molecule has 126 valence electrons. The maximum Gasteiger partial charge on any atom is 0.276 e. The zero-order valence-electron chi connectivity index (χ0n) is 13.9. The number of carbonyl (C=O) groups excluding carboxylic acids is 1. The number of nitro groups is 1. The van der Waals surface area contributed by atoms with Crippen LogP contribution in [0.5, 0.6) is 0 Å². The van der Waals surface area contributed by atoms with Gasteiger partial charge < -0.3 is 4.90 Å². The van der Waals surface area contributed by atoms with Crippen LogP contribution in [-0.4, -0.2) is 43.8 Å². The zero-order chi connectivity index (χ0) is 17.9. The van der Waals surface area contributed by atoms with Gasteiger partial charge in [-0.3, -0.25) is 14.9 Å². The van der Waals surface area contributed by atoms with Crippen LogP contribution in [0.4, 0.5) is 5.69 Å². The van der Waals surface area contributed by atoms with Gasteiger partial charge >= 0.3 is 0 Å². The molecule has 2 aromatic rings. The number of amides is 1. The van der Waals surface area contributed by atoms with Gasteiger partial charge in [0.25, 0.3) is 11.6 Å². The highest BCUT2D eigenvalue weighted by molar-refractivity contribution is 5.93. The molecule has 8 nitrogen and oxygen atoms in total. The first-order chi connectivity index (χ1) is 11.3. The quantitative estimate of drug-likeness (QED) is 0.461. The fourth-order valence-electron chi connectivity index (χ4n) is 2.31. The highest BCUT2D eigenvalue weighted by atomic mass is 16.6. The lowest BCUT2D eigenvalue weighted by Gasteiger charge is -2.19. The Bertz CT molecular complexity index is 797. The maximum atomic E-state index is 12.6. The molecule has 0 spiro atoms. The third-order valence-corrected chi connectivity index (χ3v) is 3.51. The van der Waals surface area contributed by atoms with Crippen LogP contribution in [0.25, 0.3) is 5.69 Å². The third kappa shape index (κ3) is 3.48. The molecule has 0 unspecified atom stereocenters. The lowest BCUT2D eigenvalue weighted by Crippen LogP contribution is -2.33. The minimum absolute atomic E-state index is 0.0484. The van der Waals surface area contributed by atoms with Crippen LogP contribution >= 0.6 is 0 Å². The van der Waals surface area contributed by atoms with Crippen LogP contribution in [0, 0.1) is 17.0 Å². The van der Waals surface area contributed by atoms with E-state index in [1.165, 1.54) is 16.8 Å². The van der Waals surface area contributed by atoms with Crippen LogP contribution < -0.4 is 0 Å². The summed E-state index contributed by atoms with van der Waals surface area (Å²) in [6, 6.07) is 6.03. The minimum Gasteiger partial charge on any atom is -0.333 e.